The molecular weight excluding hydrogens is 156 g/mol. The van der Waals surface area contributed by atoms with Gasteiger partial charge in [0.2, 0.25) is 0 Å². The van der Waals surface area contributed by atoms with Gasteiger partial charge in [-0.15, -0.1) is 0 Å². The van der Waals surface area contributed by atoms with E-state index in [1.165, 1.54) is 0 Å². The van der Waals surface area contributed by atoms with Crippen LogP contribution < -0.4 is 11.1 Å². The fourth-order valence-corrected chi connectivity index (χ4v) is 0.976. The molecule has 1 aliphatic rings. The summed E-state index contributed by atoms with van der Waals surface area (Å²) in [6, 6.07) is -0.744. The van der Waals surface area contributed by atoms with Crippen LogP contribution >= 0.6 is 0 Å². The molecule has 0 fully saturated rings. The van der Waals surface area contributed by atoms with E-state index in [9.17, 15) is 4.79 Å². The Morgan fingerprint density at radius 3 is 2.50 bits per heavy atom. The van der Waals surface area contributed by atoms with Crippen LogP contribution in [0.3, 0.4) is 0 Å². The highest BCUT2D eigenvalue weighted by Crippen LogP contribution is 2.18. The van der Waals surface area contributed by atoms with Gasteiger partial charge in [0.1, 0.15) is 0 Å². The van der Waals surface area contributed by atoms with Crippen molar-refractivity contribution in [3.8, 4) is 0 Å². The summed E-state index contributed by atoms with van der Waals surface area (Å²) in [5.74, 6) is 0. The van der Waals surface area contributed by atoms with Gasteiger partial charge in [-0.25, -0.2) is 4.79 Å². The first-order valence-corrected chi connectivity index (χ1v) is 3.69. The molecule has 2 amide bonds. The van der Waals surface area contributed by atoms with Crippen LogP contribution in [0.1, 0.15) is 13.8 Å². The van der Waals surface area contributed by atoms with Gasteiger partial charge in [-0.3, -0.25) is 9.98 Å². The average molecular weight is 168 g/mol. The van der Waals surface area contributed by atoms with Crippen LogP contribution in [0.15, 0.2) is 9.98 Å². The van der Waals surface area contributed by atoms with Crippen molar-refractivity contribution in [2.75, 3.05) is 0 Å². The monoisotopic (exact) mass is 168 g/mol. The molecule has 12 heavy (non-hydrogen) atoms. The van der Waals surface area contributed by atoms with E-state index < -0.39 is 11.7 Å². The number of primary amides is 1. The number of hydrogen-bond acceptors (Lipinski definition) is 3. The van der Waals surface area contributed by atoms with E-state index in [4.69, 9.17) is 5.73 Å². The lowest BCUT2D eigenvalue weighted by Crippen LogP contribution is -2.48. The third-order valence-corrected chi connectivity index (χ3v) is 1.92. The van der Waals surface area contributed by atoms with Gasteiger partial charge in [-0.1, -0.05) is 0 Å². The van der Waals surface area contributed by atoms with Crippen molar-refractivity contribution in [1.29, 1.82) is 0 Å². The molecule has 1 aliphatic heterocycles. The highest BCUT2D eigenvalue weighted by Gasteiger charge is 2.31. The van der Waals surface area contributed by atoms with Crippen LogP contribution in [-0.4, -0.2) is 30.2 Å². The predicted octanol–water partition coefficient (Wildman–Crippen LogP) is -0.0854. The summed E-state index contributed by atoms with van der Waals surface area (Å²) in [6.07, 6.45) is 3.22. The van der Waals surface area contributed by atoms with Crippen LogP contribution in [0, 0.1) is 0 Å². The Hall–Kier alpha value is -1.39. The number of rotatable bonds is 2. The maximum atomic E-state index is 10.5. The van der Waals surface area contributed by atoms with E-state index in [0.29, 0.717) is 0 Å². The quantitative estimate of drug-likeness (QED) is 0.594. The van der Waals surface area contributed by atoms with Crippen LogP contribution in [0.5, 0.6) is 0 Å². The first-order chi connectivity index (χ1) is 5.54. The van der Waals surface area contributed by atoms with Gasteiger partial charge in [0.05, 0.1) is 6.04 Å². The summed E-state index contributed by atoms with van der Waals surface area (Å²) in [5, 5.41) is 2.54. The fraction of sp³-hybridized carbons (Fsp3) is 0.571. The molecule has 1 heterocycles. The van der Waals surface area contributed by atoms with E-state index >= 15 is 0 Å². The average Bonchev–Trinajstić information content (AvgIpc) is 2.36. The summed E-state index contributed by atoms with van der Waals surface area (Å²) >= 11 is 0. The van der Waals surface area contributed by atoms with E-state index in [1.807, 2.05) is 13.8 Å². The number of urea groups is 1. The smallest absolute Gasteiger partial charge is 0.312 e. The Balaban J connectivity index is 2.63. The molecule has 1 rings (SSSR count). The molecule has 66 valence electrons. The molecule has 1 atom stereocenters. The zero-order valence-electron chi connectivity index (χ0n) is 7.11. The Morgan fingerprint density at radius 2 is 2.08 bits per heavy atom. The number of nitrogens with zero attached hydrogens (tertiary/aromatic N) is 2. The number of nitrogens with one attached hydrogen (secondary N) is 1. The molecule has 0 saturated carbocycles. The number of aliphatic imine (C=N–C) groups is 2. The Labute approximate surface area is 70.8 Å². The Morgan fingerprint density at radius 1 is 1.58 bits per heavy atom. The summed E-state index contributed by atoms with van der Waals surface area (Å²) in [5.41, 5.74) is 4.38. The maximum Gasteiger partial charge on any atom is 0.312 e. The minimum atomic E-state index is -0.588. The molecule has 0 bridgehead atoms. The molecule has 0 aromatic heterocycles. The summed E-state index contributed by atoms with van der Waals surface area (Å²) in [4.78, 5) is 18.7. The molecular formula is C7H12N4O. The summed E-state index contributed by atoms with van der Waals surface area (Å²) in [7, 11) is 0. The van der Waals surface area contributed by atoms with Gasteiger partial charge < -0.3 is 11.1 Å². The van der Waals surface area contributed by atoms with Gasteiger partial charge in [0.25, 0.3) is 0 Å². The van der Waals surface area contributed by atoms with Crippen molar-refractivity contribution >= 4 is 18.5 Å². The lowest BCUT2D eigenvalue weighted by Gasteiger charge is -2.25. The molecule has 0 aromatic carbocycles. The number of nitrogens with two attached hydrogens (primary N) is 1. The number of amides is 2. The number of carbonyl (C=O) groups excluding carboxylic acids is 1. The van der Waals surface area contributed by atoms with E-state index in [2.05, 4.69) is 15.3 Å². The van der Waals surface area contributed by atoms with Crippen LogP contribution in [0.25, 0.3) is 0 Å². The maximum absolute atomic E-state index is 10.5. The summed E-state index contributed by atoms with van der Waals surface area (Å²) < 4.78 is 0. The highest BCUT2D eigenvalue weighted by atomic mass is 16.2. The van der Waals surface area contributed by atoms with Crippen molar-refractivity contribution in [2.45, 2.75) is 25.6 Å². The van der Waals surface area contributed by atoms with E-state index in [0.717, 1.165) is 0 Å². The molecule has 5 nitrogen and oxygen atoms in total. The van der Waals surface area contributed by atoms with E-state index in [-0.39, 0.29) is 6.04 Å². The van der Waals surface area contributed by atoms with Crippen molar-refractivity contribution in [3.63, 3.8) is 0 Å². The van der Waals surface area contributed by atoms with Crippen molar-refractivity contribution in [3.05, 3.63) is 0 Å². The third-order valence-electron chi connectivity index (χ3n) is 1.92. The molecule has 0 spiro atoms. The van der Waals surface area contributed by atoms with Gasteiger partial charge in [-0.2, -0.15) is 0 Å². The molecule has 5 heteroatoms. The van der Waals surface area contributed by atoms with Crippen LogP contribution in [0.2, 0.25) is 0 Å². The topological polar surface area (TPSA) is 79.8 Å². The molecule has 0 aromatic rings. The minimum Gasteiger partial charge on any atom is -0.352 e. The van der Waals surface area contributed by atoms with Crippen LogP contribution in [-0.2, 0) is 0 Å². The number of carbonyl (C=O) groups is 1. The molecule has 3 N–H and O–H groups in total. The lowest BCUT2D eigenvalue weighted by molar-refractivity contribution is 0.239. The van der Waals surface area contributed by atoms with Crippen molar-refractivity contribution in [1.82, 2.24) is 5.32 Å². The standard InChI is InChI=1S/C7H12N4O/c1-5(11-6(8)12)7(2)9-3-4-10-7/h3-5H,1-2H3,(H3,8,11,12). The van der Waals surface area contributed by atoms with Crippen molar-refractivity contribution < 1.29 is 4.79 Å². The van der Waals surface area contributed by atoms with Crippen LogP contribution in [0.4, 0.5) is 4.79 Å². The van der Waals surface area contributed by atoms with Gasteiger partial charge in [0.15, 0.2) is 5.66 Å². The Bertz CT molecular complexity index is 234. The normalized spacial score (nSPS) is 20.8. The van der Waals surface area contributed by atoms with E-state index in [1.54, 1.807) is 12.4 Å². The Kier molecular flexibility index (Phi) is 2.12. The first kappa shape index (κ1) is 8.70. The molecule has 1 unspecified atom stereocenters. The second-order valence-electron chi connectivity index (χ2n) is 2.88. The zero-order valence-corrected chi connectivity index (χ0v) is 7.11. The van der Waals surface area contributed by atoms with Crippen molar-refractivity contribution in [2.24, 2.45) is 15.7 Å². The SMILES string of the molecule is CC(NC(N)=O)C1(C)N=CC=N1. The molecule has 0 aliphatic carbocycles. The minimum absolute atomic E-state index is 0.190. The lowest BCUT2D eigenvalue weighted by atomic mass is 10.1. The molecule has 0 radical (unpaired) electrons. The van der Waals surface area contributed by atoms with Gasteiger partial charge in [0, 0.05) is 12.4 Å². The molecule has 0 saturated heterocycles. The summed E-state index contributed by atoms with van der Waals surface area (Å²) in [6.45, 7) is 3.64. The largest absolute Gasteiger partial charge is 0.352 e. The number of hydrogen-bond donors (Lipinski definition) is 2. The second kappa shape index (κ2) is 2.92. The zero-order chi connectivity index (χ0) is 9.19. The fourth-order valence-electron chi connectivity index (χ4n) is 0.976. The first-order valence-electron chi connectivity index (χ1n) is 3.69. The van der Waals surface area contributed by atoms with Gasteiger partial charge in [-0.05, 0) is 13.8 Å². The third kappa shape index (κ3) is 1.61. The second-order valence-corrected chi connectivity index (χ2v) is 2.88. The predicted molar refractivity (Wildman–Crippen MR) is 47.6 cm³/mol. The van der Waals surface area contributed by atoms with Gasteiger partial charge >= 0.3 is 6.03 Å². The highest BCUT2D eigenvalue weighted by molar-refractivity contribution is 6.17.